The number of rotatable bonds is 12. The van der Waals surface area contributed by atoms with Gasteiger partial charge in [0.15, 0.2) is 0 Å². The Morgan fingerprint density at radius 1 is 0.256 bits per heavy atom. The zero-order valence-electron chi connectivity index (χ0n) is 51.5. The van der Waals surface area contributed by atoms with Gasteiger partial charge >= 0.3 is 0 Å². The van der Waals surface area contributed by atoms with E-state index in [2.05, 4.69) is 201 Å². The van der Waals surface area contributed by atoms with Gasteiger partial charge in [-0.3, -0.25) is 0 Å². The van der Waals surface area contributed by atoms with Crippen LogP contribution in [0.25, 0.3) is 32.3 Å². The van der Waals surface area contributed by atoms with Crippen LogP contribution in [0.4, 0.5) is 0 Å². The average molecular weight is 1130 g/mol. The van der Waals surface area contributed by atoms with Crippen molar-refractivity contribution in [3.63, 3.8) is 0 Å². The quantitative estimate of drug-likeness (QED) is 0.110. The largest absolute Gasteiger partial charge is 0.491 e. The number of methoxy groups -OCH3 is 3. The van der Waals surface area contributed by atoms with E-state index in [1.165, 1.54) is 58.0 Å². The molecule has 5 fully saturated rings. The van der Waals surface area contributed by atoms with Crippen LogP contribution in [0, 0.1) is 0 Å². The molecule has 0 bridgehead atoms. The number of benzene rings is 8. The predicted octanol–water partition coefficient (Wildman–Crippen LogP) is 17.2. The molecule has 0 aliphatic carbocycles. The zero-order valence-corrected chi connectivity index (χ0v) is 51.5. The van der Waals surface area contributed by atoms with E-state index in [0.29, 0.717) is 43.7 Å². The maximum atomic E-state index is 5.40. The summed E-state index contributed by atoms with van der Waals surface area (Å²) < 4.78 is 49.5. The monoisotopic (exact) mass is 1120 g/mol. The Hall–Kier alpha value is -6.18. The number of hydrogen-bond donors (Lipinski definition) is 0. The van der Waals surface area contributed by atoms with Crippen LogP contribution in [-0.4, -0.2) is 118 Å². The normalized spacial score (nSPS) is 16.9. The molecule has 5 aliphatic heterocycles. The predicted molar refractivity (Wildman–Crippen MR) is 344 cm³/mol. The molecule has 8 aromatic carbocycles. The van der Waals surface area contributed by atoms with Crippen LogP contribution in [-0.2, 0) is 37.9 Å². The van der Waals surface area contributed by atoms with E-state index in [4.69, 9.17) is 47.4 Å². The van der Waals surface area contributed by atoms with Gasteiger partial charge in [-0.15, -0.1) is 0 Å². The van der Waals surface area contributed by atoms with E-state index in [1.54, 1.807) is 21.3 Å². The first kappa shape index (κ1) is 71.9. The number of fused-ring (bicyclic) bond motifs is 3. The van der Waals surface area contributed by atoms with Crippen molar-refractivity contribution in [1.82, 2.24) is 0 Å². The fourth-order valence-electron chi connectivity index (χ4n) is 6.19. The number of ether oxygens (including phenoxy) is 10. The lowest BCUT2D eigenvalue weighted by molar-refractivity contribution is 0.171. The third kappa shape index (κ3) is 40.9. The molecule has 82 heavy (non-hydrogen) atoms. The summed E-state index contributed by atoms with van der Waals surface area (Å²) in [7, 11) is 5.05. The average Bonchev–Trinajstić information content (AvgIpc) is 4.28. The molecule has 0 aromatic heterocycles. The lowest BCUT2D eigenvalue weighted by Crippen LogP contribution is -2.03. The summed E-state index contributed by atoms with van der Waals surface area (Å²) in [5, 5.41) is 7.86. The highest BCUT2D eigenvalue weighted by molar-refractivity contribution is 5.83. The molecule has 0 amide bonds. The van der Waals surface area contributed by atoms with Crippen LogP contribution in [0.2, 0.25) is 0 Å². The highest BCUT2D eigenvalue weighted by Gasteiger charge is 2.24. The first-order valence-corrected chi connectivity index (χ1v) is 29.5. The van der Waals surface area contributed by atoms with Gasteiger partial charge in [0.1, 0.15) is 55.2 Å². The molecule has 5 atom stereocenters. The van der Waals surface area contributed by atoms with Crippen molar-refractivity contribution in [3.05, 3.63) is 206 Å². The minimum absolute atomic E-state index is 0.343. The minimum atomic E-state index is 0.343. The number of epoxide rings is 5. The molecule has 5 unspecified atom stereocenters. The number of para-hydroxylation sites is 2. The first-order valence-electron chi connectivity index (χ1n) is 29.5. The molecule has 10 heteroatoms. The molecule has 0 N–H and O–H groups in total. The molecule has 5 aliphatic rings. The van der Waals surface area contributed by atoms with Crippen LogP contribution < -0.4 is 9.47 Å². The van der Waals surface area contributed by atoms with E-state index in [0.717, 1.165) is 64.4 Å². The number of hydrogen-bond acceptors (Lipinski definition) is 10. The van der Waals surface area contributed by atoms with Crippen LogP contribution in [0.1, 0.15) is 81.1 Å². The molecular formula is C72H100O10. The van der Waals surface area contributed by atoms with Crippen molar-refractivity contribution in [2.75, 3.05) is 87.4 Å². The van der Waals surface area contributed by atoms with Crippen molar-refractivity contribution in [2.45, 2.75) is 112 Å². The third-order valence-electron chi connectivity index (χ3n) is 10.4. The van der Waals surface area contributed by atoms with Crippen LogP contribution >= 0.6 is 0 Å². The molecule has 8 aromatic rings. The highest BCUT2D eigenvalue weighted by atomic mass is 16.6. The summed E-state index contributed by atoms with van der Waals surface area (Å²) in [5.41, 5.74) is 0. The lowest BCUT2D eigenvalue weighted by Gasteiger charge is -2.01. The summed E-state index contributed by atoms with van der Waals surface area (Å²) in [4.78, 5) is 0. The molecule has 13 rings (SSSR count). The fraction of sp³-hybridized carbons (Fsp3) is 0.417. The van der Waals surface area contributed by atoms with E-state index in [9.17, 15) is 0 Å². The topological polar surface area (TPSA) is 109 Å². The Balaban J connectivity index is 0.000000314. The Morgan fingerprint density at radius 3 is 0.537 bits per heavy atom. The smallest absolute Gasteiger partial charge is 0.119 e. The van der Waals surface area contributed by atoms with Crippen molar-refractivity contribution in [1.29, 1.82) is 0 Å². The van der Waals surface area contributed by atoms with Gasteiger partial charge in [0, 0.05) is 21.3 Å². The van der Waals surface area contributed by atoms with Gasteiger partial charge < -0.3 is 47.4 Å². The minimum Gasteiger partial charge on any atom is -0.491 e. The molecule has 448 valence electrons. The van der Waals surface area contributed by atoms with Crippen LogP contribution in [0.5, 0.6) is 11.5 Å². The second-order valence-corrected chi connectivity index (χ2v) is 19.3. The second-order valence-electron chi connectivity index (χ2n) is 19.3. The zero-order chi connectivity index (χ0) is 59.5. The van der Waals surface area contributed by atoms with E-state index >= 15 is 0 Å². The first-order chi connectivity index (χ1) is 40.3. The Morgan fingerprint density at radius 2 is 0.402 bits per heavy atom. The van der Waals surface area contributed by atoms with Crippen molar-refractivity contribution >= 4 is 32.3 Å². The maximum Gasteiger partial charge on any atom is 0.119 e. The summed E-state index contributed by atoms with van der Waals surface area (Å²) in [6, 6.07) is 69.7. The Bertz CT molecular complexity index is 2170. The van der Waals surface area contributed by atoms with Crippen molar-refractivity contribution in [3.8, 4) is 11.5 Å². The van der Waals surface area contributed by atoms with E-state index in [-0.39, 0.29) is 0 Å². The molecule has 0 saturated carbocycles. The van der Waals surface area contributed by atoms with E-state index in [1.807, 2.05) is 60.7 Å². The molecule has 5 saturated heterocycles. The van der Waals surface area contributed by atoms with Gasteiger partial charge in [0.05, 0.1) is 52.9 Å². The molecule has 0 radical (unpaired) electrons. The molecular weight excluding hydrogens is 1020 g/mol. The van der Waals surface area contributed by atoms with Gasteiger partial charge in [-0.05, 0) is 56.6 Å². The lowest BCUT2D eigenvalue weighted by atomic mass is 10.1. The van der Waals surface area contributed by atoms with Crippen molar-refractivity contribution in [2.24, 2.45) is 0 Å². The highest BCUT2D eigenvalue weighted by Crippen LogP contribution is 2.17. The van der Waals surface area contributed by atoms with Crippen LogP contribution in [0.15, 0.2) is 206 Å². The van der Waals surface area contributed by atoms with Crippen molar-refractivity contribution < 1.29 is 47.4 Å². The van der Waals surface area contributed by atoms with Gasteiger partial charge in [0.25, 0.3) is 0 Å². The third-order valence-corrected chi connectivity index (χ3v) is 10.4. The SMILES string of the molecule is CCC.CCC.CCC.CCC.COCC1CO1.COCC1CO1.COCC1CO1.c1ccc(OCC2CO2)cc1.c1ccc(OCC2CO2)cc1.c1ccc2ccccc2c1.c1ccc2ccccc2c1.c1ccc2ccccc2c1. The second kappa shape index (κ2) is 49.4. The van der Waals surface area contributed by atoms with Gasteiger partial charge in [0.2, 0.25) is 0 Å². The summed E-state index contributed by atoms with van der Waals surface area (Å²) in [5.74, 6) is 1.84. The molecule has 10 nitrogen and oxygen atoms in total. The standard InChI is InChI=1S/3C10H8.2C9H10O2.3C4H8O2.4C3H8/c3*1-2-6-10-8-4-3-7-9(10)5-1;2*1-2-4-8(5-3-1)10-6-9-7-11-9;3*1-5-2-4-3-6-4;4*1-3-2/h3*1-8H;2*1-5,9H,6-7H2;3*4H,2-3H2,1H3;4*3H2,1-2H3. The Kier molecular flexibility index (Phi) is 43.4. The summed E-state index contributed by atoms with van der Waals surface area (Å²) in [6.07, 6.45) is 6.96. The fourth-order valence-corrected chi connectivity index (χ4v) is 6.19. The summed E-state index contributed by atoms with van der Waals surface area (Å²) >= 11 is 0. The van der Waals surface area contributed by atoms with Gasteiger partial charge in [-0.2, -0.15) is 0 Å². The van der Waals surface area contributed by atoms with Crippen LogP contribution in [0.3, 0.4) is 0 Å². The van der Waals surface area contributed by atoms with Gasteiger partial charge in [-0.1, -0.05) is 263 Å². The molecule has 5 heterocycles. The maximum absolute atomic E-state index is 5.40. The van der Waals surface area contributed by atoms with Gasteiger partial charge in [-0.25, -0.2) is 0 Å². The molecule has 0 spiro atoms. The van der Waals surface area contributed by atoms with E-state index < -0.39 is 0 Å². The summed E-state index contributed by atoms with van der Waals surface area (Å²) in [6.45, 7) is 25.1. The Labute approximate surface area is 494 Å².